The second-order valence-corrected chi connectivity index (χ2v) is 3.85. The molecule has 92 valence electrons. The van der Waals surface area contributed by atoms with Gasteiger partial charge in [0.1, 0.15) is 5.75 Å². The highest BCUT2D eigenvalue weighted by molar-refractivity contribution is 6.29. The van der Waals surface area contributed by atoms with E-state index in [-0.39, 0.29) is 0 Å². The minimum atomic E-state index is 0.337. The zero-order valence-corrected chi connectivity index (χ0v) is 10.5. The number of nitrogens with zero attached hydrogens (tertiary/aromatic N) is 4. The Kier molecular flexibility index (Phi) is 4.20. The van der Waals surface area contributed by atoms with Crippen LogP contribution in [0.5, 0.6) is 5.75 Å². The molecule has 1 aromatic heterocycles. The maximum absolute atomic E-state index is 5.61. The van der Waals surface area contributed by atoms with Crippen molar-refractivity contribution in [2.45, 2.75) is 6.54 Å². The highest BCUT2D eigenvalue weighted by Crippen LogP contribution is 2.13. The summed E-state index contributed by atoms with van der Waals surface area (Å²) >= 11 is 5.61. The second-order valence-electron chi connectivity index (χ2n) is 3.46. The van der Waals surface area contributed by atoms with Crippen molar-refractivity contribution in [3.63, 3.8) is 0 Å². The highest BCUT2D eigenvalue weighted by atomic mass is 35.5. The summed E-state index contributed by atoms with van der Waals surface area (Å²) in [4.78, 5) is 0. The minimum Gasteiger partial charge on any atom is -0.497 e. The molecule has 0 saturated heterocycles. The molecule has 0 saturated carbocycles. The molecule has 0 radical (unpaired) electrons. The SMILES string of the molecule is COc1ccc(CN=Nc2ccc(Cl)nn2)cc1. The van der Waals surface area contributed by atoms with Gasteiger partial charge < -0.3 is 4.74 Å². The topological polar surface area (TPSA) is 59.7 Å². The third-order valence-electron chi connectivity index (χ3n) is 2.20. The molecule has 5 nitrogen and oxygen atoms in total. The molecule has 6 heteroatoms. The average molecular weight is 263 g/mol. The van der Waals surface area contributed by atoms with Crippen LogP contribution in [0.15, 0.2) is 46.6 Å². The van der Waals surface area contributed by atoms with Gasteiger partial charge >= 0.3 is 0 Å². The van der Waals surface area contributed by atoms with Gasteiger partial charge in [0.25, 0.3) is 0 Å². The van der Waals surface area contributed by atoms with Gasteiger partial charge in [0.2, 0.25) is 0 Å². The molecule has 0 fully saturated rings. The van der Waals surface area contributed by atoms with Gasteiger partial charge in [-0.1, -0.05) is 23.7 Å². The number of azo groups is 1. The van der Waals surface area contributed by atoms with Crippen LogP contribution in [0, 0.1) is 0 Å². The molecule has 0 aliphatic heterocycles. The first-order valence-electron chi connectivity index (χ1n) is 5.27. The maximum Gasteiger partial charge on any atom is 0.196 e. The molecule has 2 aromatic rings. The Hall–Kier alpha value is -2.01. The lowest BCUT2D eigenvalue weighted by atomic mass is 10.2. The van der Waals surface area contributed by atoms with Gasteiger partial charge in [0.15, 0.2) is 11.0 Å². The van der Waals surface area contributed by atoms with Crippen molar-refractivity contribution in [1.29, 1.82) is 0 Å². The van der Waals surface area contributed by atoms with Crippen molar-refractivity contribution < 1.29 is 4.74 Å². The van der Waals surface area contributed by atoms with Gasteiger partial charge in [0, 0.05) is 0 Å². The molecular weight excluding hydrogens is 252 g/mol. The molecule has 0 unspecified atom stereocenters. The monoisotopic (exact) mass is 262 g/mol. The third-order valence-corrected chi connectivity index (χ3v) is 2.41. The standard InChI is InChI=1S/C12H11ClN4O/c1-18-10-4-2-9(3-5-10)8-14-16-12-7-6-11(13)15-17-12/h2-7H,8H2,1H3. The predicted octanol–water partition coefficient (Wildman–Crippen LogP) is 3.42. The molecule has 0 bridgehead atoms. The first-order chi connectivity index (χ1) is 8.78. The summed E-state index contributed by atoms with van der Waals surface area (Å²) in [6.07, 6.45) is 0. The fourth-order valence-corrected chi connectivity index (χ4v) is 1.38. The summed E-state index contributed by atoms with van der Waals surface area (Å²) in [5.41, 5.74) is 1.04. The van der Waals surface area contributed by atoms with Crippen molar-refractivity contribution in [3.8, 4) is 5.75 Å². The lowest BCUT2D eigenvalue weighted by Gasteiger charge is -1.99. The zero-order chi connectivity index (χ0) is 12.8. The number of benzene rings is 1. The molecule has 0 amide bonds. The average Bonchev–Trinajstić information content (AvgIpc) is 2.42. The first kappa shape index (κ1) is 12.4. The number of halogens is 1. The fourth-order valence-electron chi connectivity index (χ4n) is 1.28. The lowest BCUT2D eigenvalue weighted by Crippen LogP contribution is -1.84. The number of rotatable bonds is 4. The van der Waals surface area contributed by atoms with Crippen LogP contribution in [0.25, 0.3) is 0 Å². The molecule has 0 aliphatic carbocycles. The van der Waals surface area contributed by atoms with E-state index in [2.05, 4.69) is 20.4 Å². The molecular formula is C12H11ClN4O. The van der Waals surface area contributed by atoms with E-state index in [1.807, 2.05) is 24.3 Å². The number of hydrogen-bond donors (Lipinski definition) is 0. The van der Waals surface area contributed by atoms with Crippen LogP contribution in [-0.4, -0.2) is 17.3 Å². The van der Waals surface area contributed by atoms with E-state index in [9.17, 15) is 0 Å². The molecule has 0 aliphatic rings. The van der Waals surface area contributed by atoms with E-state index in [1.165, 1.54) is 0 Å². The van der Waals surface area contributed by atoms with Crippen LogP contribution >= 0.6 is 11.6 Å². The number of methoxy groups -OCH3 is 1. The Morgan fingerprint density at radius 1 is 1.11 bits per heavy atom. The summed E-state index contributed by atoms with van der Waals surface area (Å²) in [6.45, 7) is 0.480. The smallest absolute Gasteiger partial charge is 0.196 e. The molecule has 0 N–H and O–H groups in total. The van der Waals surface area contributed by atoms with Crippen LogP contribution in [0.4, 0.5) is 5.82 Å². The molecule has 1 heterocycles. The van der Waals surface area contributed by atoms with Crippen molar-refractivity contribution in [2.75, 3.05) is 7.11 Å². The Morgan fingerprint density at radius 2 is 1.89 bits per heavy atom. The largest absolute Gasteiger partial charge is 0.497 e. The van der Waals surface area contributed by atoms with Crippen molar-refractivity contribution in [3.05, 3.63) is 47.1 Å². The number of aromatic nitrogens is 2. The Morgan fingerprint density at radius 3 is 2.50 bits per heavy atom. The molecule has 18 heavy (non-hydrogen) atoms. The predicted molar refractivity (Wildman–Crippen MR) is 68.3 cm³/mol. The lowest BCUT2D eigenvalue weighted by molar-refractivity contribution is 0.414. The second kappa shape index (κ2) is 6.07. The van der Waals surface area contributed by atoms with Gasteiger partial charge in [-0.25, -0.2) is 0 Å². The molecule has 0 atom stereocenters. The number of hydrogen-bond acceptors (Lipinski definition) is 5. The first-order valence-corrected chi connectivity index (χ1v) is 5.65. The fraction of sp³-hybridized carbons (Fsp3) is 0.167. The normalized spacial score (nSPS) is 10.8. The van der Waals surface area contributed by atoms with Crippen LogP contribution in [-0.2, 0) is 6.54 Å². The summed E-state index contributed by atoms with van der Waals surface area (Å²) in [5, 5.41) is 15.8. The van der Waals surface area contributed by atoms with Gasteiger partial charge in [0.05, 0.1) is 13.7 Å². The van der Waals surface area contributed by atoms with Crippen molar-refractivity contribution in [2.24, 2.45) is 10.2 Å². The quantitative estimate of drug-likeness (QED) is 0.793. The van der Waals surface area contributed by atoms with Crippen LogP contribution < -0.4 is 4.74 Å². The summed E-state index contributed by atoms with van der Waals surface area (Å²) in [5.74, 6) is 1.26. The van der Waals surface area contributed by atoms with Crippen LogP contribution in [0.3, 0.4) is 0 Å². The maximum atomic E-state index is 5.61. The summed E-state index contributed by atoms with van der Waals surface area (Å²) in [6, 6.07) is 10.9. The third kappa shape index (κ3) is 3.49. The van der Waals surface area contributed by atoms with E-state index >= 15 is 0 Å². The van der Waals surface area contributed by atoms with Crippen molar-refractivity contribution >= 4 is 17.4 Å². The van der Waals surface area contributed by atoms with Crippen LogP contribution in [0.1, 0.15) is 5.56 Å². The van der Waals surface area contributed by atoms with Gasteiger partial charge in [-0.05, 0) is 29.8 Å². The van der Waals surface area contributed by atoms with E-state index < -0.39 is 0 Å². The zero-order valence-electron chi connectivity index (χ0n) is 9.75. The highest BCUT2D eigenvalue weighted by Gasteiger charge is 1.95. The minimum absolute atomic E-state index is 0.337. The van der Waals surface area contributed by atoms with Gasteiger partial charge in [-0.3, -0.25) is 0 Å². The van der Waals surface area contributed by atoms with E-state index in [4.69, 9.17) is 16.3 Å². The Bertz CT molecular complexity index is 525. The van der Waals surface area contributed by atoms with E-state index in [0.717, 1.165) is 11.3 Å². The molecule has 1 aromatic carbocycles. The van der Waals surface area contributed by atoms with E-state index in [0.29, 0.717) is 17.5 Å². The summed E-state index contributed by atoms with van der Waals surface area (Å²) < 4.78 is 5.07. The summed E-state index contributed by atoms with van der Waals surface area (Å²) in [7, 11) is 1.63. The molecule has 2 rings (SSSR count). The van der Waals surface area contributed by atoms with Crippen LogP contribution in [0.2, 0.25) is 5.15 Å². The van der Waals surface area contributed by atoms with Crippen molar-refractivity contribution in [1.82, 2.24) is 10.2 Å². The van der Waals surface area contributed by atoms with Gasteiger partial charge in [-0.15, -0.1) is 15.3 Å². The molecule has 0 spiro atoms. The van der Waals surface area contributed by atoms with E-state index in [1.54, 1.807) is 19.2 Å². The number of ether oxygens (including phenoxy) is 1. The Balaban J connectivity index is 1.95. The Labute approximate surface area is 109 Å². The van der Waals surface area contributed by atoms with Gasteiger partial charge in [-0.2, -0.15) is 5.11 Å².